The predicted octanol–water partition coefficient (Wildman–Crippen LogP) is 6.14. The van der Waals surface area contributed by atoms with Crippen molar-refractivity contribution >= 4 is 0 Å². The molecule has 3 aliphatic rings. The minimum Gasteiger partial charge on any atom is -0.103 e. The zero-order valence-corrected chi connectivity index (χ0v) is 14.0. The van der Waals surface area contributed by atoms with Crippen molar-refractivity contribution in [2.75, 3.05) is 0 Å². The van der Waals surface area contributed by atoms with Crippen LogP contribution in [0.15, 0.2) is 24.3 Å². The Bertz CT molecular complexity index is 441. The Hall–Kier alpha value is -0.520. The molecule has 0 unspecified atom stereocenters. The molecule has 0 aromatic heterocycles. The lowest BCUT2D eigenvalue weighted by atomic mass is 9.46. The van der Waals surface area contributed by atoms with E-state index < -0.39 is 0 Å². The summed E-state index contributed by atoms with van der Waals surface area (Å²) in [5, 5.41) is 0. The average Bonchev–Trinajstić information content (AvgIpc) is 2.37. The summed E-state index contributed by atoms with van der Waals surface area (Å²) in [6, 6.07) is 0. The molecular formula is C20H32. The third kappa shape index (κ3) is 2.02. The molecule has 20 heavy (non-hydrogen) atoms. The second kappa shape index (κ2) is 4.49. The van der Waals surface area contributed by atoms with E-state index in [1.807, 2.05) is 0 Å². The Labute approximate surface area is 125 Å². The van der Waals surface area contributed by atoms with Crippen molar-refractivity contribution in [3.63, 3.8) is 0 Å². The van der Waals surface area contributed by atoms with E-state index in [1.165, 1.54) is 44.9 Å². The lowest BCUT2D eigenvalue weighted by molar-refractivity contribution is -0.0489. The molecule has 0 heteroatoms. The Balaban J connectivity index is 1.94. The van der Waals surface area contributed by atoms with E-state index in [-0.39, 0.29) is 0 Å². The first-order chi connectivity index (χ1) is 9.31. The van der Waals surface area contributed by atoms with Gasteiger partial charge in [-0.1, -0.05) is 51.8 Å². The van der Waals surface area contributed by atoms with Gasteiger partial charge in [-0.05, 0) is 66.6 Å². The molecule has 3 rings (SSSR count). The van der Waals surface area contributed by atoms with Crippen LogP contribution in [0, 0.1) is 28.1 Å². The van der Waals surface area contributed by atoms with Crippen molar-refractivity contribution in [1.82, 2.24) is 0 Å². The molecule has 2 fully saturated rings. The molecule has 0 saturated heterocycles. The standard InChI is InChI=1S/C20H32/c1-6-19(4)13-10-16-15(14-19)8-9-17-18(2,3)11-7-12-20(16,17)5/h6,8,16-17H,1,7,9-14H2,2-5H3/t16-,17-,19+,20+/m1/s1. The van der Waals surface area contributed by atoms with Gasteiger partial charge in [0.15, 0.2) is 0 Å². The molecule has 0 nitrogen and oxygen atoms in total. The van der Waals surface area contributed by atoms with Crippen LogP contribution in [0.1, 0.15) is 72.6 Å². The number of rotatable bonds is 1. The van der Waals surface area contributed by atoms with E-state index >= 15 is 0 Å². The zero-order chi connectivity index (χ0) is 14.6. The molecule has 0 spiro atoms. The van der Waals surface area contributed by atoms with Gasteiger partial charge >= 0.3 is 0 Å². The smallest absolute Gasteiger partial charge is 0.0112 e. The summed E-state index contributed by atoms with van der Waals surface area (Å²) in [6.07, 6.45) is 14.5. The summed E-state index contributed by atoms with van der Waals surface area (Å²) in [4.78, 5) is 0. The van der Waals surface area contributed by atoms with Crippen molar-refractivity contribution in [2.45, 2.75) is 72.6 Å². The fourth-order valence-corrected chi connectivity index (χ4v) is 5.92. The Morgan fingerprint density at radius 2 is 1.90 bits per heavy atom. The second-order valence-electron chi connectivity index (χ2n) is 9.04. The van der Waals surface area contributed by atoms with Crippen LogP contribution < -0.4 is 0 Å². The maximum absolute atomic E-state index is 4.09. The van der Waals surface area contributed by atoms with Gasteiger partial charge < -0.3 is 0 Å². The molecule has 3 aliphatic carbocycles. The fraction of sp³-hybridized carbons (Fsp3) is 0.800. The van der Waals surface area contributed by atoms with Crippen LogP contribution in [0.5, 0.6) is 0 Å². The van der Waals surface area contributed by atoms with Crippen LogP contribution >= 0.6 is 0 Å². The van der Waals surface area contributed by atoms with Crippen molar-refractivity contribution in [1.29, 1.82) is 0 Å². The van der Waals surface area contributed by atoms with Gasteiger partial charge in [-0.3, -0.25) is 0 Å². The molecule has 0 aromatic rings. The summed E-state index contributed by atoms with van der Waals surface area (Å²) in [6.45, 7) is 14.1. The highest BCUT2D eigenvalue weighted by molar-refractivity contribution is 5.24. The topological polar surface area (TPSA) is 0 Å². The first-order valence-electron chi connectivity index (χ1n) is 8.63. The summed E-state index contributed by atoms with van der Waals surface area (Å²) in [5.74, 6) is 1.75. The monoisotopic (exact) mass is 272 g/mol. The molecular weight excluding hydrogens is 240 g/mol. The van der Waals surface area contributed by atoms with Crippen LogP contribution in [-0.4, -0.2) is 0 Å². The maximum atomic E-state index is 4.09. The number of hydrogen-bond acceptors (Lipinski definition) is 0. The molecule has 4 atom stereocenters. The lowest BCUT2D eigenvalue weighted by Crippen LogP contribution is -2.50. The predicted molar refractivity (Wildman–Crippen MR) is 87.6 cm³/mol. The Morgan fingerprint density at radius 3 is 2.60 bits per heavy atom. The van der Waals surface area contributed by atoms with E-state index in [0.717, 1.165) is 11.8 Å². The van der Waals surface area contributed by atoms with Crippen LogP contribution in [-0.2, 0) is 0 Å². The third-order valence-corrected chi connectivity index (χ3v) is 7.24. The fourth-order valence-electron chi connectivity index (χ4n) is 5.92. The highest BCUT2D eigenvalue weighted by Crippen LogP contribution is 2.63. The number of fused-ring (bicyclic) bond motifs is 3. The van der Waals surface area contributed by atoms with Crippen LogP contribution in [0.4, 0.5) is 0 Å². The number of hydrogen-bond donors (Lipinski definition) is 0. The summed E-state index contributed by atoms with van der Waals surface area (Å²) >= 11 is 0. The van der Waals surface area contributed by atoms with E-state index in [2.05, 4.69) is 46.4 Å². The van der Waals surface area contributed by atoms with E-state index in [9.17, 15) is 0 Å². The molecule has 0 heterocycles. The molecule has 0 N–H and O–H groups in total. The first-order valence-corrected chi connectivity index (χ1v) is 8.63. The van der Waals surface area contributed by atoms with Gasteiger partial charge in [0.1, 0.15) is 0 Å². The quantitative estimate of drug-likeness (QED) is 0.503. The molecule has 0 radical (unpaired) electrons. The summed E-state index contributed by atoms with van der Waals surface area (Å²) in [5.41, 5.74) is 3.23. The highest BCUT2D eigenvalue weighted by Gasteiger charge is 2.53. The van der Waals surface area contributed by atoms with Crippen molar-refractivity contribution in [3.8, 4) is 0 Å². The highest BCUT2D eigenvalue weighted by atomic mass is 14.6. The van der Waals surface area contributed by atoms with Gasteiger partial charge in [0.2, 0.25) is 0 Å². The molecule has 2 saturated carbocycles. The van der Waals surface area contributed by atoms with Gasteiger partial charge in [-0.25, -0.2) is 0 Å². The molecule has 0 amide bonds. The van der Waals surface area contributed by atoms with Crippen LogP contribution in [0.25, 0.3) is 0 Å². The van der Waals surface area contributed by atoms with E-state index in [4.69, 9.17) is 0 Å². The van der Waals surface area contributed by atoms with Crippen molar-refractivity contribution < 1.29 is 0 Å². The summed E-state index contributed by atoms with van der Waals surface area (Å²) in [7, 11) is 0. The van der Waals surface area contributed by atoms with Gasteiger partial charge in [0.05, 0.1) is 0 Å². The Morgan fingerprint density at radius 1 is 1.15 bits per heavy atom. The minimum absolute atomic E-state index is 0.357. The summed E-state index contributed by atoms with van der Waals surface area (Å²) < 4.78 is 0. The molecule has 0 aliphatic heterocycles. The van der Waals surface area contributed by atoms with Crippen LogP contribution in [0.2, 0.25) is 0 Å². The normalized spacial score (nSPS) is 46.9. The first kappa shape index (κ1) is 14.4. The largest absolute Gasteiger partial charge is 0.103 e. The maximum Gasteiger partial charge on any atom is -0.0112 e. The van der Waals surface area contributed by atoms with Crippen molar-refractivity contribution in [3.05, 3.63) is 24.3 Å². The lowest BCUT2D eigenvalue weighted by Gasteiger charge is -2.59. The van der Waals surface area contributed by atoms with E-state index in [1.54, 1.807) is 5.57 Å². The third-order valence-electron chi connectivity index (χ3n) is 7.24. The van der Waals surface area contributed by atoms with Gasteiger partial charge in [-0.2, -0.15) is 0 Å². The zero-order valence-electron chi connectivity index (χ0n) is 14.0. The van der Waals surface area contributed by atoms with Crippen molar-refractivity contribution in [2.24, 2.45) is 28.1 Å². The van der Waals surface area contributed by atoms with Gasteiger partial charge in [0, 0.05) is 0 Å². The van der Waals surface area contributed by atoms with E-state index in [0.29, 0.717) is 16.2 Å². The van der Waals surface area contributed by atoms with Gasteiger partial charge in [-0.15, -0.1) is 6.58 Å². The molecule has 0 aromatic carbocycles. The van der Waals surface area contributed by atoms with Crippen LogP contribution in [0.3, 0.4) is 0 Å². The number of allylic oxidation sites excluding steroid dienone is 3. The minimum atomic E-state index is 0.357. The molecule has 0 bridgehead atoms. The molecule has 112 valence electrons. The SMILES string of the molecule is C=C[C@@]1(C)CC[C@@H]2C(=CC[C@@H]3C(C)(C)CCC[C@@]23C)C1. The second-order valence-corrected chi connectivity index (χ2v) is 9.04. The Kier molecular flexibility index (Phi) is 3.23. The van der Waals surface area contributed by atoms with Gasteiger partial charge in [0.25, 0.3) is 0 Å². The average molecular weight is 272 g/mol.